The molecular formula is C19H24N2O3. The standard InChI is InChI=1S/C19H24N2O3/c1-13-8-9-18(24-13)14(2)20-16-10-17(11-16)21-19(22)23-12-15-6-4-3-5-7-15/h3-9,14,16-17,20H,10-12H2,1-2H3,(H,21,22). The van der Waals surface area contributed by atoms with E-state index in [-0.39, 0.29) is 18.2 Å². The Morgan fingerprint density at radius 2 is 1.96 bits per heavy atom. The number of hydrogen-bond donors (Lipinski definition) is 2. The normalized spacial score (nSPS) is 20.9. The van der Waals surface area contributed by atoms with E-state index in [2.05, 4.69) is 17.6 Å². The molecule has 24 heavy (non-hydrogen) atoms. The van der Waals surface area contributed by atoms with Gasteiger partial charge < -0.3 is 19.8 Å². The van der Waals surface area contributed by atoms with Crippen LogP contribution in [0.4, 0.5) is 4.79 Å². The lowest BCUT2D eigenvalue weighted by atomic mass is 9.86. The van der Waals surface area contributed by atoms with Gasteiger partial charge in [0.05, 0.1) is 6.04 Å². The van der Waals surface area contributed by atoms with Crippen LogP contribution < -0.4 is 10.6 Å². The van der Waals surface area contributed by atoms with Crippen LogP contribution in [0.25, 0.3) is 0 Å². The number of nitrogens with one attached hydrogen (secondary N) is 2. The number of ether oxygens (including phenoxy) is 1. The van der Waals surface area contributed by atoms with Crippen LogP contribution in [0.3, 0.4) is 0 Å². The van der Waals surface area contributed by atoms with Gasteiger partial charge in [-0.05, 0) is 44.4 Å². The van der Waals surface area contributed by atoms with Gasteiger partial charge in [0.1, 0.15) is 18.1 Å². The SMILES string of the molecule is Cc1ccc(C(C)NC2CC(NC(=O)OCc3ccccc3)C2)o1. The van der Waals surface area contributed by atoms with E-state index in [1.807, 2.05) is 49.4 Å². The van der Waals surface area contributed by atoms with Crippen molar-refractivity contribution in [3.63, 3.8) is 0 Å². The van der Waals surface area contributed by atoms with Gasteiger partial charge in [0.25, 0.3) is 0 Å². The van der Waals surface area contributed by atoms with Gasteiger partial charge >= 0.3 is 6.09 Å². The predicted molar refractivity (Wildman–Crippen MR) is 91.6 cm³/mol. The summed E-state index contributed by atoms with van der Waals surface area (Å²) in [5.74, 6) is 1.87. The molecule has 1 unspecified atom stereocenters. The Morgan fingerprint density at radius 3 is 2.62 bits per heavy atom. The van der Waals surface area contributed by atoms with E-state index < -0.39 is 0 Å². The van der Waals surface area contributed by atoms with Crippen molar-refractivity contribution in [1.29, 1.82) is 0 Å². The quantitative estimate of drug-likeness (QED) is 0.849. The van der Waals surface area contributed by atoms with Crippen molar-refractivity contribution in [2.45, 2.75) is 51.4 Å². The minimum Gasteiger partial charge on any atom is -0.465 e. The van der Waals surface area contributed by atoms with Gasteiger partial charge in [-0.2, -0.15) is 0 Å². The molecule has 3 rings (SSSR count). The Labute approximate surface area is 142 Å². The molecule has 0 saturated heterocycles. The molecule has 2 N–H and O–H groups in total. The highest BCUT2D eigenvalue weighted by Crippen LogP contribution is 2.24. The summed E-state index contributed by atoms with van der Waals surface area (Å²) >= 11 is 0. The zero-order chi connectivity index (χ0) is 16.9. The number of carbonyl (C=O) groups excluding carboxylic acids is 1. The summed E-state index contributed by atoms with van der Waals surface area (Å²) < 4.78 is 10.9. The average Bonchev–Trinajstić information content (AvgIpc) is 2.98. The summed E-state index contributed by atoms with van der Waals surface area (Å²) in [4.78, 5) is 11.8. The Bertz CT molecular complexity index is 662. The van der Waals surface area contributed by atoms with Crippen LogP contribution in [0.15, 0.2) is 46.9 Å². The monoisotopic (exact) mass is 328 g/mol. The number of benzene rings is 1. The Balaban J connectivity index is 1.34. The van der Waals surface area contributed by atoms with Crippen molar-refractivity contribution in [3.05, 3.63) is 59.5 Å². The molecule has 1 aliphatic rings. The number of rotatable bonds is 6. The van der Waals surface area contributed by atoms with Crippen molar-refractivity contribution in [1.82, 2.24) is 10.6 Å². The van der Waals surface area contributed by atoms with Gasteiger partial charge in [0.2, 0.25) is 0 Å². The lowest BCUT2D eigenvalue weighted by molar-refractivity contribution is 0.124. The summed E-state index contributed by atoms with van der Waals surface area (Å²) in [5, 5.41) is 6.43. The fraction of sp³-hybridized carbons (Fsp3) is 0.421. The minimum atomic E-state index is -0.350. The fourth-order valence-corrected chi connectivity index (χ4v) is 2.93. The zero-order valence-corrected chi connectivity index (χ0v) is 14.1. The van der Waals surface area contributed by atoms with E-state index in [9.17, 15) is 4.79 Å². The smallest absolute Gasteiger partial charge is 0.407 e. The van der Waals surface area contributed by atoms with Crippen LogP contribution in [-0.2, 0) is 11.3 Å². The van der Waals surface area contributed by atoms with Gasteiger partial charge in [-0.3, -0.25) is 0 Å². The van der Waals surface area contributed by atoms with Crippen LogP contribution in [0, 0.1) is 6.92 Å². The first-order chi connectivity index (χ1) is 11.6. The second-order valence-corrected chi connectivity index (χ2v) is 6.41. The first-order valence-corrected chi connectivity index (χ1v) is 8.40. The zero-order valence-electron chi connectivity index (χ0n) is 14.1. The van der Waals surface area contributed by atoms with Crippen molar-refractivity contribution in [3.8, 4) is 0 Å². The van der Waals surface area contributed by atoms with Crippen LogP contribution in [0.5, 0.6) is 0 Å². The number of carbonyl (C=O) groups is 1. The first-order valence-electron chi connectivity index (χ1n) is 8.40. The molecule has 1 heterocycles. The Morgan fingerprint density at radius 1 is 1.21 bits per heavy atom. The molecule has 1 aromatic heterocycles. The maximum atomic E-state index is 11.8. The van der Waals surface area contributed by atoms with E-state index in [1.54, 1.807) is 0 Å². The maximum Gasteiger partial charge on any atom is 0.407 e. The van der Waals surface area contributed by atoms with Crippen LogP contribution >= 0.6 is 0 Å². The highest BCUT2D eigenvalue weighted by atomic mass is 16.5. The van der Waals surface area contributed by atoms with Crippen molar-refractivity contribution in [2.75, 3.05) is 0 Å². The van der Waals surface area contributed by atoms with Gasteiger partial charge in [-0.1, -0.05) is 30.3 Å². The Kier molecular flexibility index (Phi) is 5.20. The third-order valence-corrected chi connectivity index (χ3v) is 4.35. The highest BCUT2D eigenvalue weighted by molar-refractivity contribution is 5.67. The molecule has 1 amide bonds. The van der Waals surface area contributed by atoms with Gasteiger partial charge in [0.15, 0.2) is 0 Å². The van der Waals surface area contributed by atoms with Crippen LogP contribution in [-0.4, -0.2) is 18.2 Å². The molecule has 1 aromatic carbocycles. The maximum absolute atomic E-state index is 11.8. The molecule has 2 aromatic rings. The van der Waals surface area contributed by atoms with E-state index in [0.29, 0.717) is 12.6 Å². The molecule has 128 valence electrons. The average molecular weight is 328 g/mol. The van der Waals surface area contributed by atoms with Gasteiger partial charge in [-0.25, -0.2) is 4.79 Å². The second kappa shape index (κ2) is 7.53. The number of furan rings is 1. The number of hydrogen-bond acceptors (Lipinski definition) is 4. The van der Waals surface area contributed by atoms with Crippen molar-refractivity contribution < 1.29 is 13.9 Å². The summed E-state index contributed by atoms with van der Waals surface area (Å²) in [7, 11) is 0. The summed E-state index contributed by atoms with van der Waals surface area (Å²) in [5.41, 5.74) is 0.989. The largest absolute Gasteiger partial charge is 0.465 e. The van der Waals surface area contributed by atoms with E-state index in [4.69, 9.17) is 9.15 Å². The van der Waals surface area contributed by atoms with E-state index >= 15 is 0 Å². The van der Waals surface area contributed by atoms with Crippen molar-refractivity contribution >= 4 is 6.09 Å². The molecule has 1 saturated carbocycles. The third-order valence-electron chi connectivity index (χ3n) is 4.35. The van der Waals surface area contributed by atoms with Crippen LogP contribution in [0.2, 0.25) is 0 Å². The fourth-order valence-electron chi connectivity index (χ4n) is 2.93. The number of aryl methyl sites for hydroxylation is 1. The van der Waals surface area contributed by atoms with E-state index in [0.717, 1.165) is 29.9 Å². The number of amides is 1. The highest BCUT2D eigenvalue weighted by Gasteiger charge is 2.32. The summed E-state index contributed by atoms with van der Waals surface area (Å²) in [6.07, 6.45) is 1.46. The summed E-state index contributed by atoms with van der Waals surface area (Å²) in [6, 6.07) is 14.4. The van der Waals surface area contributed by atoms with Gasteiger partial charge in [-0.15, -0.1) is 0 Å². The predicted octanol–water partition coefficient (Wildman–Crippen LogP) is 3.70. The Hall–Kier alpha value is -2.27. The lowest BCUT2D eigenvalue weighted by Gasteiger charge is -2.37. The molecule has 0 aliphatic heterocycles. The third kappa shape index (κ3) is 4.38. The molecule has 0 spiro atoms. The van der Waals surface area contributed by atoms with Gasteiger partial charge in [0, 0.05) is 12.1 Å². The molecule has 5 nitrogen and oxygen atoms in total. The van der Waals surface area contributed by atoms with Crippen molar-refractivity contribution in [2.24, 2.45) is 0 Å². The van der Waals surface area contributed by atoms with Crippen LogP contribution in [0.1, 0.15) is 42.9 Å². The minimum absolute atomic E-state index is 0.176. The number of alkyl carbamates (subject to hydrolysis) is 1. The molecule has 0 bridgehead atoms. The molecule has 1 aliphatic carbocycles. The van der Waals surface area contributed by atoms with E-state index in [1.165, 1.54) is 0 Å². The second-order valence-electron chi connectivity index (χ2n) is 6.41. The molecule has 1 fully saturated rings. The molecule has 1 atom stereocenters. The lowest BCUT2D eigenvalue weighted by Crippen LogP contribution is -2.52. The molecule has 0 radical (unpaired) electrons. The summed E-state index contributed by atoms with van der Waals surface area (Å²) in [6.45, 7) is 4.34. The molecule has 5 heteroatoms. The topological polar surface area (TPSA) is 63.5 Å². The first kappa shape index (κ1) is 16.6. The molecular weight excluding hydrogens is 304 g/mol.